The molecule has 2 amide bonds. The van der Waals surface area contributed by atoms with E-state index in [0.29, 0.717) is 18.9 Å². The van der Waals surface area contributed by atoms with E-state index in [4.69, 9.17) is 9.47 Å². The largest absolute Gasteiger partial charge is 0.463 e. The van der Waals surface area contributed by atoms with Gasteiger partial charge in [0, 0.05) is 16.8 Å². The van der Waals surface area contributed by atoms with Gasteiger partial charge in [-0.1, -0.05) is 40.7 Å². The maximum Gasteiger partial charge on any atom is 0.319 e. The zero-order valence-corrected chi connectivity index (χ0v) is 14.4. The molecule has 0 saturated carbocycles. The Kier molecular flexibility index (Phi) is 6.18. The normalized spacial score (nSPS) is 20.6. The van der Waals surface area contributed by atoms with Gasteiger partial charge in [0.1, 0.15) is 12.5 Å². The van der Waals surface area contributed by atoms with Crippen molar-refractivity contribution in [1.29, 1.82) is 0 Å². The molecule has 0 spiro atoms. The monoisotopic (exact) mass is 382 g/mol. The quantitative estimate of drug-likeness (QED) is 0.585. The number of esters is 1. The number of hydrogen-bond donors (Lipinski definition) is 2. The van der Waals surface area contributed by atoms with Crippen LogP contribution in [0.2, 0.25) is 0 Å². The minimum absolute atomic E-state index is 0.160. The van der Waals surface area contributed by atoms with E-state index in [0.717, 1.165) is 10.0 Å². The number of rotatable bonds is 6. The lowest BCUT2D eigenvalue weighted by Gasteiger charge is -2.33. The Morgan fingerprint density at radius 1 is 1.35 bits per heavy atom. The van der Waals surface area contributed by atoms with Crippen LogP contribution in [-0.2, 0) is 14.3 Å². The predicted molar refractivity (Wildman–Crippen MR) is 88.6 cm³/mol. The van der Waals surface area contributed by atoms with Crippen molar-refractivity contribution in [2.45, 2.75) is 13.0 Å². The SMILES string of the molecule is C=C1NC(=O)N[C@H](c2ccccc2Br)[C@H]1C(=O)OCCOCC. The predicted octanol–water partition coefficient (Wildman–Crippen LogP) is 2.51. The van der Waals surface area contributed by atoms with Gasteiger partial charge in [0.15, 0.2) is 0 Å². The van der Waals surface area contributed by atoms with Gasteiger partial charge in [-0.15, -0.1) is 0 Å². The minimum Gasteiger partial charge on any atom is -0.463 e. The standard InChI is InChI=1S/C16H19BrN2O4/c1-3-22-8-9-23-15(20)13-10(2)18-16(21)19-14(13)11-6-4-5-7-12(11)17/h4-7,13-14H,2-3,8-9H2,1H3,(H2,18,19,21)/t13-,14+/m0/s1. The van der Waals surface area contributed by atoms with E-state index in [2.05, 4.69) is 33.1 Å². The van der Waals surface area contributed by atoms with Crippen molar-refractivity contribution in [1.82, 2.24) is 10.6 Å². The lowest BCUT2D eigenvalue weighted by atomic mass is 9.89. The fourth-order valence-corrected chi connectivity index (χ4v) is 2.92. The van der Waals surface area contributed by atoms with Crippen molar-refractivity contribution < 1.29 is 19.1 Å². The average Bonchev–Trinajstić information content (AvgIpc) is 2.51. The first kappa shape index (κ1) is 17.5. The van der Waals surface area contributed by atoms with Crippen LogP contribution in [0.1, 0.15) is 18.5 Å². The van der Waals surface area contributed by atoms with Crippen molar-refractivity contribution >= 4 is 27.9 Å². The van der Waals surface area contributed by atoms with E-state index in [1.165, 1.54) is 0 Å². The Balaban J connectivity index is 2.19. The van der Waals surface area contributed by atoms with Crippen LogP contribution in [-0.4, -0.2) is 31.8 Å². The smallest absolute Gasteiger partial charge is 0.319 e. The molecule has 2 N–H and O–H groups in total. The Bertz CT molecular complexity index is 605. The summed E-state index contributed by atoms with van der Waals surface area (Å²) in [6.45, 7) is 6.72. The van der Waals surface area contributed by atoms with Gasteiger partial charge >= 0.3 is 12.0 Å². The molecule has 2 rings (SSSR count). The van der Waals surface area contributed by atoms with Crippen molar-refractivity contribution in [3.05, 3.63) is 46.6 Å². The van der Waals surface area contributed by atoms with Crippen molar-refractivity contribution in [2.75, 3.05) is 19.8 Å². The average molecular weight is 383 g/mol. The highest BCUT2D eigenvalue weighted by atomic mass is 79.9. The summed E-state index contributed by atoms with van der Waals surface area (Å²) in [5.74, 6) is -1.17. The van der Waals surface area contributed by atoms with Crippen LogP contribution in [0.15, 0.2) is 41.0 Å². The summed E-state index contributed by atoms with van der Waals surface area (Å²) in [4.78, 5) is 24.2. The van der Waals surface area contributed by atoms with Gasteiger partial charge in [-0.05, 0) is 18.6 Å². The maximum absolute atomic E-state index is 12.4. The second-order valence-corrected chi connectivity index (χ2v) is 5.82. The Morgan fingerprint density at radius 2 is 2.09 bits per heavy atom. The highest BCUT2D eigenvalue weighted by molar-refractivity contribution is 9.10. The van der Waals surface area contributed by atoms with Gasteiger partial charge in [-0.25, -0.2) is 4.79 Å². The second kappa shape index (κ2) is 8.12. The molecule has 1 saturated heterocycles. The molecule has 1 aromatic rings. The van der Waals surface area contributed by atoms with Crippen molar-refractivity contribution in [3.8, 4) is 0 Å². The first-order valence-electron chi connectivity index (χ1n) is 7.29. The molecule has 124 valence electrons. The Morgan fingerprint density at radius 3 is 2.78 bits per heavy atom. The summed E-state index contributed by atoms with van der Waals surface area (Å²) in [7, 11) is 0. The summed E-state index contributed by atoms with van der Waals surface area (Å²) < 4.78 is 11.2. The summed E-state index contributed by atoms with van der Waals surface area (Å²) in [6.07, 6.45) is 0. The molecule has 0 bridgehead atoms. The minimum atomic E-state index is -0.715. The van der Waals surface area contributed by atoms with Crippen LogP contribution >= 0.6 is 15.9 Å². The summed E-state index contributed by atoms with van der Waals surface area (Å²) in [5.41, 5.74) is 1.10. The van der Waals surface area contributed by atoms with E-state index in [-0.39, 0.29) is 6.61 Å². The molecule has 1 fully saturated rings. The van der Waals surface area contributed by atoms with E-state index in [9.17, 15) is 9.59 Å². The number of halogens is 1. The van der Waals surface area contributed by atoms with Crippen LogP contribution in [0.5, 0.6) is 0 Å². The fraction of sp³-hybridized carbons (Fsp3) is 0.375. The molecule has 23 heavy (non-hydrogen) atoms. The summed E-state index contributed by atoms with van der Waals surface area (Å²) in [6, 6.07) is 6.45. The topological polar surface area (TPSA) is 76.7 Å². The van der Waals surface area contributed by atoms with Crippen LogP contribution in [0.25, 0.3) is 0 Å². The number of hydrogen-bond acceptors (Lipinski definition) is 4. The van der Waals surface area contributed by atoms with Gasteiger partial charge < -0.3 is 20.1 Å². The molecule has 0 radical (unpaired) electrons. The third kappa shape index (κ3) is 4.33. The molecule has 1 aromatic carbocycles. The highest BCUT2D eigenvalue weighted by Crippen LogP contribution is 2.34. The summed E-state index contributed by atoms with van der Waals surface area (Å²) >= 11 is 3.45. The van der Waals surface area contributed by atoms with E-state index in [1.807, 2.05) is 31.2 Å². The maximum atomic E-state index is 12.4. The highest BCUT2D eigenvalue weighted by Gasteiger charge is 2.39. The number of amides is 2. The molecule has 0 aliphatic carbocycles. The molecular formula is C16H19BrN2O4. The van der Waals surface area contributed by atoms with Crippen LogP contribution < -0.4 is 10.6 Å². The van der Waals surface area contributed by atoms with E-state index >= 15 is 0 Å². The van der Waals surface area contributed by atoms with Gasteiger partial charge in [0.2, 0.25) is 0 Å². The molecular weight excluding hydrogens is 364 g/mol. The number of urea groups is 1. The number of carbonyl (C=O) groups is 2. The lowest BCUT2D eigenvalue weighted by molar-refractivity contribution is -0.150. The fourth-order valence-electron chi connectivity index (χ4n) is 2.38. The van der Waals surface area contributed by atoms with Crippen molar-refractivity contribution in [3.63, 3.8) is 0 Å². The van der Waals surface area contributed by atoms with Gasteiger partial charge in [0.25, 0.3) is 0 Å². The Hall–Kier alpha value is -1.86. The first-order chi connectivity index (χ1) is 11.0. The molecule has 2 atom stereocenters. The molecule has 1 aliphatic rings. The van der Waals surface area contributed by atoms with Gasteiger partial charge in [-0.3, -0.25) is 4.79 Å². The zero-order valence-electron chi connectivity index (χ0n) is 12.8. The van der Waals surface area contributed by atoms with Crippen LogP contribution in [0, 0.1) is 5.92 Å². The third-order valence-corrected chi connectivity index (χ3v) is 4.16. The van der Waals surface area contributed by atoms with Gasteiger partial charge in [0.05, 0.1) is 12.6 Å². The number of nitrogens with one attached hydrogen (secondary N) is 2. The molecule has 1 aliphatic heterocycles. The Labute approximate surface area is 143 Å². The molecule has 7 heteroatoms. The van der Waals surface area contributed by atoms with Crippen LogP contribution in [0.4, 0.5) is 4.79 Å². The summed E-state index contributed by atoms with van der Waals surface area (Å²) in [5, 5.41) is 5.30. The van der Waals surface area contributed by atoms with E-state index < -0.39 is 24.0 Å². The first-order valence-corrected chi connectivity index (χ1v) is 8.09. The second-order valence-electron chi connectivity index (χ2n) is 4.96. The third-order valence-electron chi connectivity index (χ3n) is 3.44. The number of ether oxygens (including phenoxy) is 2. The molecule has 1 heterocycles. The lowest BCUT2D eigenvalue weighted by Crippen LogP contribution is -2.51. The van der Waals surface area contributed by atoms with Crippen LogP contribution in [0.3, 0.4) is 0 Å². The molecule has 0 aromatic heterocycles. The number of carbonyl (C=O) groups excluding carboxylic acids is 2. The molecule has 6 nitrogen and oxygen atoms in total. The molecule has 0 unspecified atom stereocenters. The number of benzene rings is 1. The van der Waals surface area contributed by atoms with Crippen molar-refractivity contribution in [2.24, 2.45) is 5.92 Å². The zero-order chi connectivity index (χ0) is 16.8. The van der Waals surface area contributed by atoms with Gasteiger partial charge in [-0.2, -0.15) is 0 Å². The van der Waals surface area contributed by atoms with E-state index in [1.54, 1.807) is 0 Å².